The molecule has 0 N–H and O–H groups in total. The molecule has 2 fully saturated rings. The quantitative estimate of drug-likeness (QED) is 0.321. The van der Waals surface area contributed by atoms with Gasteiger partial charge in [-0.2, -0.15) is 0 Å². The van der Waals surface area contributed by atoms with Crippen LogP contribution in [0, 0.1) is 0 Å². The first-order chi connectivity index (χ1) is 14.1. The first kappa shape index (κ1) is 22.0. The van der Waals surface area contributed by atoms with Crippen LogP contribution in [0.25, 0.3) is 6.08 Å². The maximum absolute atomic E-state index is 12.7. The van der Waals surface area contributed by atoms with Gasteiger partial charge >= 0.3 is 0 Å². The molecule has 2 aliphatic rings. The zero-order valence-corrected chi connectivity index (χ0v) is 18.8. The number of thiocarbonyl (C=S) groups is 1. The van der Waals surface area contributed by atoms with E-state index in [4.69, 9.17) is 12.2 Å². The van der Waals surface area contributed by atoms with E-state index in [9.17, 15) is 9.59 Å². The Kier molecular flexibility index (Phi) is 8.30. The molecule has 2 heterocycles. The lowest BCUT2D eigenvalue weighted by atomic mass is 9.99. The number of unbranched alkanes of at least 4 members (excludes halogenated alkanes) is 2. The predicted molar refractivity (Wildman–Crippen MR) is 124 cm³/mol. The smallest absolute Gasteiger partial charge is 0.266 e. The summed E-state index contributed by atoms with van der Waals surface area (Å²) in [7, 11) is 0. The average Bonchev–Trinajstić information content (AvgIpc) is 3.01. The van der Waals surface area contributed by atoms with Gasteiger partial charge in [0.2, 0.25) is 5.91 Å². The minimum absolute atomic E-state index is 0.000895. The summed E-state index contributed by atoms with van der Waals surface area (Å²) in [5.41, 5.74) is 1.01. The second-order valence-corrected chi connectivity index (χ2v) is 9.38. The molecule has 2 amide bonds. The third-order valence-corrected chi connectivity index (χ3v) is 7.04. The van der Waals surface area contributed by atoms with Gasteiger partial charge in [-0.1, -0.05) is 67.7 Å². The van der Waals surface area contributed by atoms with Crippen molar-refractivity contribution < 1.29 is 9.59 Å². The Labute approximate surface area is 183 Å². The summed E-state index contributed by atoms with van der Waals surface area (Å²) in [5.74, 6) is 0.298. The Bertz CT molecular complexity index is 763. The molecule has 3 rings (SSSR count). The van der Waals surface area contributed by atoms with E-state index in [1.807, 2.05) is 36.4 Å². The van der Waals surface area contributed by atoms with E-state index < -0.39 is 0 Å². The molecule has 2 saturated heterocycles. The highest BCUT2D eigenvalue weighted by Gasteiger charge is 2.31. The third kappa shape index (κ3) is 5.92. The molecule has 0 bridgehead atoms. The van der Waals surface area contributed by atoms with Crippen LogP contribution in [-0.2, 0) is 9.59 Å². The number of hydrogen-bond acceptors (Lipinski definition) is 4. The molecule has 156 valence electrons. The van der Waals surface area contributed by atoms with Crippen LogP contribution in [0.2, 0.25) is 0 Å². The fourth-order valence-electron chi connectivity index (χ4n) is 4.01. The molecular weight excluding hydrogens is 400 g/mol. The van der Waals surface area contributed by atoms with Crippen LogP contribution in [0.4, 0.5) is 0 Å². The van der Waals surface area contributed by atoms with Crippen molar-refractivity contribution in [2.45, 2.75) is 64.3 Å². The number of nitrogens with zero attached hydrogens (tertiary/aromatic N) is 2. The molecular formula is C23H30N2O2S2. The standard InChI is InChI=1S/C23H30N2O2S2/c1-2-19-13-8-10-15-24(19)21(26)14-7-4-9-16-25-22(27)20(29-23(25)28)17-18-11-5-3-6-12-18/h3,5-6,11-12,17,19H,2,4,7-10,13-16H2,1H3/b20-17-/t19-/m0/s1. The van der Waals surface area contributed by atoms with Gasteiger partial charge in [0.25, 0.3) is 5.91 Å². The van der Waals surface area contributed by atoms with Crippen LogP contribution >= 0.6 is 24.0 Å². The van der Waals surface area contributed by atoms with E-state index in [-0.39, 0.29) is 5.91 Å². The van der Waals surface area contributed by atoms with Crippen LogP contribution in [0.15, 0.2) is 35.2 Å². The normalized spacial score (nSPS) is 21.3. The fourth-order valence-corrected chi connectivity index (χ4v) is 5.32. The molecule has 0 saturated carbocycles. The van der Waals surface area contributed by atoms with Gasteiger partial charge in [0.05, 0.1) is 4.91 Å². The first-order valence-electron chi connectivity index (χ1n) is 10.7. The Morgan fingerprint density at radius 2 is 2.00 bits per heavy atom. The Morgan fingerprint density at radius 3 is 2.76 bits per heavy atom. The number of carbonyl (C=O) groups excluding carboxylic acids is 2. The van der Waals surface area contributed by atoms with Gasteiger partial charge in [-0.25, -0.2) is 0 Å². The SMILES string of the molecule is CC[C@H]1CCCCN1C(=O)CCCCCN1C(=O)/C(=C/c2ccccc2)SC1=S. The number of likely N-dealkylation sites (tertiary alicyclic amines) is 1. The van der Waals surface area contributed by atoms with Gasteiger partial charge in [-0.15, -0.1) is 0 Å². The molecule has 4 nitrogen and oxygen atoms in total. The summed E-state index contributed by atoms with van der Waals surface area (Å²) >= 11 is 6.78. The fraction of sp³-hybridized carbons (Fsp3) is 0.522. The zero-order valence-electron chi connectivity index (χ0n) is 17.1. The lowest BCUT2D eigenvalue weighted by Crippen LogP contribution is -2.43. The van der Waals surface area contributed by atoms with Crippen molar-refractivity contribution in [1.82, 2.24) is 9.80 Å². The monoisotopic (exact) mass is 430 g/mol. The van der Waals surface area contributed by atoms with Gasteiger partial charge in [0.15, 0.2) is 0 Å². The van der Waals surface area contributed by atoms with Gasteiger partial charge < -0.3 is 4.90 Å². The highest BCUT2D eigenvalue weighted by atomic mass is 32.2. The summed E-state index contributed by atoms with van der Waals surface area (Å²) in [6, 6.07) is 10.3. The molecule has 0 aromatic heterocycles. The largest absolute Gasteiger partial charge is 0.340 e. The van der Waals surface area contributed by atoms with Crippen LogP contribution in [-0.4, -0.2) is 45.1 Å². The summed E-state index contributed by atoms with van der Waals surface area (Å²) in [4.78, 5) is 29.7. The number of rotatable bonds is 8. The Morgan fingerprint density at radius 1 is 1.21 bits per heavy atom. The summed E-state index contributed by atoms with van der Waals surface area (Å²) in [6.07, 6.45) is 9.77. The Hall–Kier alpha value is -1.66. The van der Waals surface area contributed by atoms with Crippen molar-refractivity contribution in [2.75, 3.05) is 13.1 Å². The van der Waals surface area contributed by atoms with Gasteiger partial charge in [-0.05, 0) is 50.2 Å². The average molecular weight is 431 g/mol. The Balaban J connectivity index is 1.41. The minimum atomic E-state index is -0.000895. The summed E-state index contributed by atoms with van der Waals surface area (Å²) in [6.45, 7) is 3.72. The topological polar surface area (TPSA) is 40.6 Å². The minimum Gasteiger partial charge on any atom is -0.340 e. The third-order valence-electron chi connectivity index (χ3n) is 5.66. The highest BCUT2D eigenvalue weighted by Crippen LogP contribution is 2.32. The van der Waals surface area contributed by atoms with Crippen LogP contribution < -0.4 is 0 Å². The van der Waals surface area contributed by atoms with Crippen molar-refractivity contribution >= 4 is 46.2 Å². The molecule has 1 aromatic rings. The summed E-state index contributed by atoms with van der Waals surface area (Å²) in [5, 5.41) is 0. The number of benzene rings is 1. The van der Waals surface area contributed by atoms with E-state index in [0.717, 1.165) is 50.6 Å². The van der Waals surface area contributed by atoms with Gasteiger partial charge in [0.1, 0.15) is 4.32 Å². The molecule has 1 atom stereocenters. The number of hydrogen-bond donors (Lipinski definition) is 0. The van der Waals surface area contributed by atoms with Crippen molar-refractivity contribution in [3.8, 4) is 0 Å². The second-order valence-electron chi connectivity index (χ2n) is 7.70. The maximum Gasteiger partial charge on any atom is 0.266 e. The molecule has 29 heavy (non-hydrogen) atoms. The molecule has 0 radical (unpaired) electrons. The summed E-state index contributed by atoms with van der Waals surface area (Å²) < 4.78 is 0.632. The highest BCUT2D eigenvalue weighted by molar-refractivity contribution is 8.26. The molecule has 0 unspecified atom stereocenters. The number of amides is 2. The van der Waals surface area contributed by atoms with E-state index in [0.29, 0.717) is 34.1 Å². The van der Waals surface area contributed by atoms with Crippen LogP contribution in [0.5, 0.6) is 0 Å². The lowest BCUT2D eigenvalue weighted by Gasteiger charge is -2.35. The number of piperidine rings is 1. The number of thioether (sulfide) groups is 1. The predicted octanol–water partition coefficient (Wildman–Crippen LogP) is 5.24. The molecule has 1 aromatic carbocycles. The molecule has 0 spiro atoms. The molecule has 0 aliphatic carbocycles. The number of carbonyl (C=O) groups is 2. The van der Waals surface area contributed by atoms with E-state index >= 15 is 0 Å². The molecule has 6 heteroatoms. The van der Waals surface area contributed by atoms with Gasteiger partial charge in [0, 0.05) is 25.6 Å². The van der Waals surface area contributed by atoms with Crippen molar-refractivity contribution in [1.29, 1.82) is 0 Å². The maximum atomic E-state index is 12.7. The first-order valence-corrected chi connectivity index (χ1v) is 11.9. The van der Waals surface area contributed by atoms with E-state index in [2.05, 4.69) is 11.8 Å². The van der Waals surface area contributed by atoms with Crippen molar-refractivity contribution in [2.24, 2.45) is 0 Å². The van der Waals surface area contributed by atoms with E-state index in [1.54, 1.807) is 4.90 Å². The molecule has 2 aliphatic heterocycles. The second kappa shape index (κ2) is 10.9. The lowest BCUT2D eigenvalue weighted by molar-refractivity contribution is -0.135. The van der Waals surface area contributed by atoms with Crippen LogP contribution in [0.1, 0.15) is 63.9 Å². The van der Waals surface area contributed by atoms with Crippen molar-refractivity contribution in [3.63, 3.8) is 0 Å². The van der Waals surface area contributed by atoms with E-state index in [1.165, 1.54) is 18.2 Å². The van der Waals surface area contributed by atoms with Crippen molar-refractivity contribution in [3.05, 3.63) is 40.8 Å². The van der Waals surface area contributed by atoms with Crippen LogP contribution in [0.3, 0.4) is 0 Å². The zero-order chi connectivity index (χ0) is 20.6. The van der Waals surface area contributed by atoms with Gasteiger partial charge in [-0.3, -0.25) is 14.5 Å².